The molecular formula is C15H19N3O3S2. The predicted octanol–water partition coefficient (Wildman–Crippen LogP) is 2.93. The molecular weight excluding hydrogens is 334 g/mol. The minimum Gasteiger partial charge on any atom is -0.493 e. The van der Waals surface area contributed by atoms with E-state index in [0.29, 0.717) is 28.8 Å². The minimum atomic E-state index is 0.575. The zero-order chi connectivity index (χ0) is 16.8. The van der Waals surface area contributed by atoms with Gasteiger partial charge in [0.05, 0.1) is 27.0 Å². The number of rotatable bonds is 7. The molecule has 0 aliphatic carbocycles. The van der Waals surface area contributed by atoms with Crippen molar-refractivity contribution in [2.75, 3.05) is 33.8 Å². The molecule has 1 aromatic heterocycles. The topological polar surface area (TPSA) is 66.4 Å². The molecule has 0 fully saturated rings. The van der Waals surface area contributed by atoms with Crippen molar-refractivity contribution in [3.05, 3.63) is 23.4 Å². The summed E-state index contributed by atoms with van der Waals surface area (Å²) in [5.41, 5.74) is 1.81. The third kappa shape index (κ3) is 4.00. The minimum absolute atomic E-state index is 0.575. The Morgan fingerprint density at radius 3 is 2.04 bits per heavy atom. The first kappa shape index (κ1) is 17.7. The molecule has 0 atom stereocenters. The molecule has 0 saturated carbocycles. The van der Waals surface area contributed by atoms with Crippen LogP contribution in [0, 0.1) is 0 Å². The second-order valence-electron chi connectivity index (χ2n) is 4.46. The molecule has 1 heterocycles. The summed E-state index contributed by atoms with van der Waals surface area (Å²) >= 11 is 3.03. The average Bonchev–Trinajstić information content (AvgIpc) is 2.60. The van der Waals surface area contributed by atoms with Crippen molar-refractivity contribution in [3.8, 4) is 17.2 Å². The van der Waals surface area contributed by atoms with Gasteiger partial charge in [-0.15, -0.1) is 22.0 Å². The van der Waals surface area contributed by atoms with Crippen molar-refractivity contribution in [1.82, 2.24) is 15.2 Å². The highest BCUT2D eigenvalue weighted by Crippen LogP contribution is 2.38. The molecule has 0 spiro atoms. The Hall–Kier alpha value is -1.67. The molecule has 6 nitrogen and oxygen atoms in total. The lowest BCUT2D eigenvalue weighted by atomic mass is 10.1. The van der Waals surface area contributed by atoms with Gasteiger partial charge in [-0.1, -0.05) is 11.8 Å². The van der Waals surface area contributed by atoms with Crippen molar-refractivity contribution < 1.29 is 14.2 Å². The van der Waals surface area contributed by atoms with Gasteiger partial charge in [-0.3, -0.25) is 0 Å². The fourth-order valence-corrected chi connectivity index (χ4v) is 3.00. The number of hydrogen-bond acceptors (Lipinski definition) is 8. The molecule has 8 heteroatoms. The quantitative estimate of drug-likeness (QED) is 0.704. The van der Waals surface area contributed by atoms with E-state index in [0.717, 1.165) is 16.3 Å². The zero-order valence-electron chi connectivity index (χ0n) is 13.7. The molecule has 2 aromatic rings. The molecule has 0 N–H and O–H groups in total. The number of benzene rings is 1. The van der Waals surface area contributed by atoms with Crippen LogP contribution >= 0.6 is 23.5 Å². The molecule has 0 unspecified atom stereocenters. The van der Waals surface area contributed by atoms with Crippen LogP contribution in [-0.2, 0) is 6.42 Å². The van der Waals surface area contributed by atoms with Crippen LogP contribution in [0.25, 0.3) is 0 Å². The van der Waals surface area contributed by atoms with Gasteiger partial charge >= 0.3 is 0 Å². The Morgan fingerprint density at radius 1 is 0.913 bits per heavy atom. The van der Waals surface area contributed by atoms with Crippen molar-refractivity contribution >= 4 is 23.5 Å². The first-order valence-electron chi connectivity index (χ1n) is 6.77. The Bertz CT molecular complexity index is 658. The Labute approximate surface area is 144 Å². The highest BCUT2D eigenvalue weighted by Gasteiger charge is 2.15. The van der Waals surface area contributed by atoms with Crippen LogP contribution in [0.5, 0.6) is 17.2 Å². The van der Waals surface area contributed by atoms with Crippen molar-refractivity contribution in [2.24, 2.45) is 0 Å². The molecule has 124 valence electrons. The van der Waals surface area contributed by atoms with Gasteiger partial charge in [0.15, 0.2) is 11.5 Å². The Morgan fingerprint density at radius 2 is 1.57 bits per heavy atom. The van der Waals surface area contributed by atoms with E-state index in [4.69, 9.17) is 14.2 Å². The Kier molecular flexibility index (Phi) is 6.35. The standard InChI is InChI=1S/C15H19N3O3S2/c1-19-11-7-9(8-12(20-2)13(11)21-3)6-10-14(22-4)16-15(23-5)18-17-10/h7-8H,6H2,1-5H3. The maximum Gasteiger partial charge on any atom is 0.209 e. The van der Waals surface area contributed by atoms with Crippen LogP contribution in [0.1, 0.15) is 11.3 Å². The third-order valence-corrected chi connectivity index (χ3v) is 4.42. The molecule has 2 rings (SSSR count). The lowest BCUT2D eigenvalue weighted by Gasteiger charge is -2.14. The lowest BCUT2D eigenvalue weighted by molar-refractivity contribution is 0.324. The number of aromatic nitrogens is 3. The summed E-state index contributed by atoms with van der Waals surface area (Å²) in [5.74, 6) is 1.81. The predicted molar refractivity (Wildman–Crippen MR) is 92.3 cm³/mol. The van der Waals surface area contributed by atoms with Gasteiger partial charge in [0.2, 0.25) is 10.9 Å². The van der Waals surface area contributed by atoms with E-state index in [2.05, 4.69) is 15.2 Å². The highest BCUT2D eigenvalue weighted by molar-refractivity contribution is 7.99. The lowest BCUT2D eigenvalue weighted by Crippen LogP contribution is -2.03. The summed E-state index contributed by atoms with van der Waals surface area (Å²) in [6, 6.07) is 3.82. The fraction of sp³-hybridized carbons (Fsp3) is 0.400. The second kappa shape index (κ2) is 8.26. The third-order valence-electron chi connectivity index (χ3n) is 3.17. The van der Waals surface area contributed by atoms with E-state index in [1.54, 1.807) is 33.1 Å². The number of thioether (sulfide) groups is 2. The summed E-state index contributed by atoms with van der Waals surface area (Å²) in [6.07, 6.45) is 4.49. The summed E-state index contributed by atoms with van der Waals surface area (Å²) in [4.78, 5) is 4.49. The van der Waals surface area contributed by atoms with Gasteiger partial charge in [0.1, 0.15) is 5.03 Å². The number of hydrogen-bond donors (Lipinski definition) is 0. The van der Waals surface area contributed by atoms with Gasteiger partial charge < -0.3 is 14.2 Å². The molecule has 0 aliphatic rings. The first-order valence-corrected chi connectivity index (χ1v) is 9.22. The summed E-state index contributed by atoms with van der Waals surface area (Å²) in [7, 11) is 4.79. The van der Waals surface area contributed by atoms with Gasteiger partial charge in [-0.2, -0.15) is 0 Å². The van der Waals surface area contributed by atoms with E-state index < -0.39 is 0 Å². The van der Waals surface area contributed by atoms with Gasteiger partial charge in [-0.05, 0) is 30.2 Å². The number of nitrogens with zero attached hydrogens (tertiary/aromatic N) is 3. The van der Waals surface area contributed by atoms with Crippen LogP contribution in [0.15, 0.2) is 22.3 Å². The molecule has 0 bridgehead atoms. The van der Waals surface area contributed by atoms with E-state index in [9.17, 15) is 0 Å². The monoisotopic (exact) mass is 353 g/mol. The fourth-order valence-electron chi connectivity index (χ4n) is 2.11. The molecule has 0 aliphatic heterocycles. The number of ether oxygens (including phenoxy) is 3. The van der Waals surface area contributed by atoms with Crippen molar-refractivity contribution in [1.29, 1.82) is 0 Å². The van der Waals surface area contributed by atoms with E-state index in [1.165, 1.54) is 11.8 Å². The maximum atomic E-state index is 5.38. The Balaban J connectivity index is 2.40. The van der Waals surface area contributed by atoms with E-state index in [1.807, 2.05) is 24.6 Å². The molecule has 0 saturated heterocycles. The molecule has 0 amide bonds. The van der Waals surface area contributed by atoms with Gasteiger partial charge in [0, 0.05) is 6.42 Å². The van der Waals surface area contributed by atoms with E-state index in [-0.39, 0.29) is 0 Å². The van der Waals surface area contributed by atoms with Crippen LogP contribution in [0.2, 0.25) is 0 Å². The average molecular weight is 353 g/mol. The van der Waals surface area contributed by atoms with Crippen LogP contribution < -0.4 is 14.2 Å². The van der Waals surface area contributed by atoms with Gasteiger partial charge in [0.25, 0.3) is 0 Å². The molecule has 1 aromatic carbocycles. The molecule has 0 radical (unpaired) electrons. The highest BCUT2D eigenvalue weighted by atomic mass is 32.2. The normalized spacial score (nSPS) is 10.5. The number of methoxy groups -OCH3 is 3. The zero-order valence-corrected chi connectivity index (χ0v) is 15.4. The van der Waals surface area contributed by atoms with Crippen LogP contribution in [0.3, 0.4) is 0 Å². The summed E-state index contributed by atoms with van der Waals surface area (Å²) < 4.78 is 16.1. The van der Waals surface area contributed by atoms with Gasteiger partial charge in [-0.25, -0.2) is 4.98 Å². The van der Waals surface area contributed by atoms with Crippen molar-refractivity contribution in [2.45, 2.75) is 16.6 Å². The SMILES string of the molecule is COc1cc(Cc2nnc(SC)nc2SC)cc(OC)c1OC. The second-order valence-corrected chi connectivity index (χ2v) is 6.03. The summed E-state index contributed by atoms with van der Waals surface area (Å²) in [6.45, 7) is 0. The first-order chi connectivity index (χ1) is 11.2. The summed E-state index contributed by atoms with van der Waals surface area (Å²) in [5, 5.41) is 9.97. The molecule has 23 heavy (non-hydrogen) atoms. The van der Waals surface area contributed by atoms with Crippen LogP contribution in [0.4, 0.5) is 0 Å². The van der Waals surface area contributed by atoms with E-state index >= 15 is 0 Å². The maximum absolute atomic E-state index is 5.38. The largest absolute Gasteiger partial charge is 0.493 e. The van der Waals surface area contributed by atoms with Crippen LogP contribution in [-0.4, -0.2) is 49.0 Å². The smallest absolute Gasteiger partial charge is 0.209 e. The van der Waals surface area contributed by atoms with Crippen molar-refractivity contribution in [3.63, 3.8) is 0 Å².